The molecule has 5 rings (SSSR count). The van der Waals surface area contributed by atoms with Crippen molar-refractivity contribution in [3.8, 4) is 11.3 Å². The summed E-state index contributed by atoms with van der Waals surface area (Å²) in [6.45, 7) is 10.2. The average molecular weight is 383 g/mol. The Balaban J connectivity index is 1.66. The Bertz CT molecular complexity index is 863. The van der Waals surface area contributed by atoms with Gasteiger partial charge < -0.3 is 10.6 Å². The fourth-order valence-corrected chi connectivity index (χ4v) is 6.95. The van der Waals surface area contributed by atoms with Gasteiger partial charge in [0.2, 0.25) is 0 Å². The fraction of sp³-hybridized carbons (Fsp3) is 0.591. The molecule has 1 aromatic heterocycles. The first-order valence-corrected chi connectivity index (χ1v) is 11.1. The van der Waals surface area contributed by atoms with Gasteiger partial charge in [0.15, 0.2) is 0 Å². The second kappa shape index (κ2) is 6.36. The van der Waals surface area contributed by atoms with Gasteiger partial charge >= 0.3 is 0 Å². The number of hydrogen-bond acceptors (Lipinski definition) is 4. The van der Waals surface area contributed by atoms with Crippen LogP contribution in [0, 0.1) is 6.92 Å². The standard InChI is InChI=1S/C22H30N4S/c1-15-19-20(25-26(15)16-8-11-24-21(2,3)14-16)17-6-4-5-7-18(17)27-22(19)9-12-23-13-10-22/h4-7,16,23-24H,8-14H2,1-3H3. The maximum Gasteiger partial charge on any atom is 0.0983 e. The summed E-state index contributed by atoms with van der Waals surface area (Å²) in [5.74, 6) is 0. The Labute approximate surface area is 166 Å². The van der Waals surface area contributed by atoms with Crippen LogP contribution in [0.3, 0.4) is 0 Å². The van der Waals surface area contributed by atoms with Gasteiger partial charge in [-0.25, -0.2) is 0 Å². The molecule has 4 nitrogen and oxygen atoms in total. The van der Waals surface area contributed by atoms with Crippen LogP contribution in [0.2, 0.25) is 0 Å². The van der Waals surface area contributed by atoms with Crippen LogP contribution in [0.4, 0.5) is 0 Å². The van der Waals surface area contributed by atoms with Crippen LogP contribution in [0.1, 0.15) is 56.8 Å². The highest BCUT2D eigenvalue weighted by atomic mass is 32.2. The smallest absolute Gasteiger partial charge is 0.0983 e. The average Bonchev–Trinajstić information content (AvgIpc) is 3.00. The third-order valence-electron chi connectivity index (χ3n) is 6.64. The summed E-state index contributed by atoms with van der Waals surface area (Å²) in [6.07, 6.45) is 4.67. The summed E-state index contributed by atoms with van der Waals surface area (Å²) in [5, 5.41) is 12.5. The summed E-state index contributed by atoms with van der Waals surface area (Å²) >= 11 is 2.09. The first-order valence-electron chi connectivity index (χ1n) is 10.3. The SMILES string of the molecule is Cc1c2c(nn1C1CCNC(C)(C)C1)-c1ccccc1SC21CCNCC1. The zero-order chi connectivity index (χ0) is 18.6. The maximum atomic E-state index is 5.29. The number of piperidine rings is 2. The van der Waals surface area contributed by atoms with Gasteiger partial charge in [0.25, 0.3) is 0 Å². The van der Waals surface area contributed by atoms with Crippen LogP contribution in [0.25, 0.3) is 11.3 Å². The number of hydrogen-bond donors (Lipinski definition) is 2. The molecule has 1 aromatic carbocycles. The zero-order valence-electron chi connectivity index (χ0n) is 16.6. The Kier molecular flexibility index (Phi) is 4.19. The lowest BCUT2D eigenvalue weighted by molar-refractivity contribution is 0.219. The maximum absolute atomic E-state index is 5.29. The topological polar surface area (TPSA) is 41.9 Å². The van der Waals surface area contributed by atoms with E-state index in [0.717, 1.165) is 32.5 Å². The lowest BCUT2D eigenvalue weighted by atomic mass is 9.85. The molecule has 1 atom stereocenters. The normalized spacial score (nSPS) is 25.8. The van der Waals surface area contributed by atoms with E-state index < -0.39 is 0 Å². The van der Waals surface area contributed by atoms with Crippen molar-refractivity contribution >= 4 is 11.8 Å². The molecule has 3 aliphatic heterocycles. The predicted molar refractivity (Wildman–Crippen MR) is 112 cm³/mol. The molecule has 1 unspecified atom stereocenters. The summed E-state index contributed by atoms with van der Waals surface area (Å²) < 4.78 is 2.57. The van der Waals surface area contributed by atoms with Gasteiger partial charge in [-0.15, -0.1) is 11.8 Å². The monoisotopic (exact) mass is 382 g/mol. The second-order valence-electron chi connectivity index (χ2n) is 9.05. The van der Waals surface area contributed by atoms with Crippen LogP contribution in [0.5, 0.6) is 0 Å². The molecule has 4 heterocycles. The summed E-state index contributed by atoms with van der Waals surface area (Å²) in [5.41, 5.74) is 5.68. The minimum absolute atomic E-state index is 0.180. The molecule has 5 heteroatoms. The molecule has 2 N–H and O–H groups in total. The van der Waals surface area contributed by atoms with Crippen LogP contribution >= 0.6 is 11.8 Å². The Morgan fingerprint density at radius 1 is 1.15 bits per heavy atom. The van der Waals surface area contributed by atoms with Gasteiger partial charge in [-0.3, -0.25) is 4.68 Å². The first-order chi connectivity index (χ1) is 13.0. The predicted octanol–water partition coefficient (Wildman–Crippen LogP) is 4.25. The van der Waals surface area contributed by atoms with E-state index in [-0.39, 0.29) is 10.3 Å². The van der Waals surface area contributed by atoms with Crippen molar-refractivity contribution in [3.05, 3.63) is 35.5 Å². The Hall–Kier alpha value is -1.30. The van der Waals surface area contributed by atoms with Crippen LogP contribution < -0.4 is 10.6 Å². The van der Waals surface area contributed by atoms with E-state index in [1.54, 1.807) is 0 Å². The van der Waals surface area contributed by atoms with E-state index in [2.05, 4.69) is 72.1 Å². The number of benzene rings is 1. The minimum Gasteiger partial charge on any atom is -0.317 e. The van der Waals surface area contributed by atoms with Crippen LogP contribution in [-0.4, -0.2) is 35.0 Å². The highest BCUT2D eigenvalue weighted by molar-refractivity contribution is 8.00. The summed E-state index contributed by atoms with van der Waals surface area (Å²) in [4.78, 5) is 1.40. The number of fused-ring (bicyclic) bond motifs is 4. The molecule has 3 aliphatic rings. The van der Waals surface area contributed by atoms with Gasteiger partial charge in [-0.05, 0) is 72.2 Å². The van der Waals surface area contributed by atoms with E-state index in [9.17, 15) is 0 Å². The van der Waals surface area contributed by atoms with Gasteiger partial charge in [-0.1, -0.05) is 18.2 Å². The molecule has 0 aliphatic carbocycles. The summed E-state index contributed by atoms with van der Waals surface area (Å²) in [6, 6.07) is 9.37. The van der Waals surface area contributed by atoms with Crippen molar-refractivity contribution in [2.75, 3.05) is 19.6 Å². The Morgan fingerprint density at radius 3 is 2.70 bits per heavy atom. The van der Waals surface area contributed by atoms with Crippen molar-refractivity contribution in [2.45, 2.75) is 67.7 Å². The molecule has 144 valence electrons. The number of rotatable bonds is 1. The highest BCUT2D eigenvalue weighted by Crippen LogP contribution is 2.57. The van der Waals surface area contributed by atoms with Crippen LogP contribution in [-0.2, 0) is 4.75 Å². The van der Waals surface area contributed by atoms with Crippen molar-refractivity contribution in [1.29, 1.82) is 0 Å². The van der Waals surface area contributed by atoms with E-state index in [0.29, 0.717) is 6.04 Å². The van der Waals surface area contributed by atoms with Gasteiger partial charge in [0.1, 0.15) is 0 Å². The molecule has 0 amide bonds. The third-order valence-corrected chi connectivity index (χ3v) is 8.22. The number of nitrogens with one attached hydrogen (secondary N) is 2. The van der Waals surface area contributed by atoms with E-state index >= 15 is 0 Å². The molecule has 2 fully saturated rings. The molecule has 2 aromatic rings. The molecule has 27 heavy (non-hydrogen) atoms. The van der Waals surface area contributed by atoms with Gasteiger partial charge in [0, 0.05) is 27.3 Å². The van der Waals surface area contributed by atoms with Crippen molar-refractivity contribution in [2.24, 2.45) is 0 Å². The molecule has 2 saturated heterocycles. The van der Waals surface area contributed by atoms with E-state index in [1.807, 2.05) is 0 Å². The fourth-order valence-electron chi connectivity index (χ4n) is 5.35. The molecule has 0 saturated carbocycles. The number of thioether (sulfide) groups is 1. The molecular formula is C22H30N4S. The van der Waals surface area contributed by atoms with E-state index in [1.165, 1.54) is 40.3 Å². The van der Waals surface area contributed by atoms with Gasteiger partial charge in [-0.2, -0.15) is 5.10 Å². The highest BCUT2D eigenvalue weighted by Gasteiger charge is 2.45. The first kappa shape index (κ1) is 17.8. The Morgan fingerprint density at radius 2 is 1.93 bits per heavy atom. The quantitative estimate of drug-likeness (QED) is 0.774. The lowest BCUT2D eigenvalue weighted by Gasteiger charge is -2.41. The number of nitrogens with zero attached hydrogens (tertiary/aromatic N) is 2. The molecule has 1 spiro atoms. The zero-order valence-corrected chi connectivity index (χ0v) is 17.5. The largest absolute Gasteiger partial charge is 0.317 e. The number of aromatic nitrogens is 2. The molecular weight excluding hydrogens is 352 g/mol. The van der Waals surface area contributed by atoms with Crippen molar-refractivity contribution < 1.29 is 0 Å². The minimum atomic E-state index is 0.180. The third kappa shape index (κ3) is 2.86. The van der Waals surface area contributed by atoms with E-state index in [4.69, 9.17) is 5.10 Å². The van der Waals surface area contributed by atoms with Crippen LogP contribution in [0.15, 0.2) is 29.2 Å². The van der Waals surface area contributed by atoms with Crippen molar-refractivity contribution in [1.82, 2.24) is 20.4 Å². The summed E-state index contributed by atoms with van der Waals surface area (Å²) in [7, 11) is 0. The van der Waals surface area contributed by atoms with Crippen molar-refractivity contribution in [3.63, 3.8) is 0 Å². The molecule has 0 radical (unpaired) electrons. The molecule has 0 bridgehead atoms. The lowest BCUT2D eigenvalue weighted by Crippen LogP contribution is -2.47. The second-order valence-corrected chi connectivity index (χ2v) is 10.5. The van der Waals surface area contributed by atoms with Gasteiger partial charge in [0.05, 0.1) is 16.5 Å².